The Morgan fingerprint density at radius 3 is 2.73 bits per heavy atom. The van der Waals surface area contributed by atoms with E-state index in [2.05, 4.69) is 6.92 Å². The summed E-state index contributed by atoms with van der Waals surface area (Å²) >= 11 is 0. The van der Waals surface area contributed by atoms with Crippen molar-refractivity contribution >= 4 is 11.9 Å². The molecule has 2 N–H and O–H groups in total. The van der Waals surface area contributed by atoms with Gasteiger partial charge in [-0.25, -0.2) is 4.79 Å². The molecule has 0 aliphatic heterocycles. The summed E-state index contributed by atoms with van der Waals surface area (Å²) in [6.07, 6.45) is 9.92. The van der Waals surface area contributed by atoms with Crippen LogP contribution in [0.3, 0.4) is 0 Å². The molecular weight excluding hydrogens is 380 g/mol. The Bertz CT molecular complexity index is 814. The number of carbonyl (C=O) groups is 2. The van der Waals surface area contributed by atoms with E-state index in [1.807, 2.05) is 6.08 Å². The first kappa shape index (κ1) is 19.3. The van der Waals surface area contributed by atoms with Crippen LogP contribution < -0.4 is 0 Å². The average molecular weight is 415 g/mol. The van der Waals surface area contributed by atoms with Crippen molar-refractivity contribution < 1.29 is 24.5 Å². The van der Waals surface area contributed by atoms with Crippen molar-refractivity contribution in [3.8, 4) is 0 Å². The highest BCUT2D eigenvalue weighted by molar-refractivity contribution is 5.91. The average Bonchev–Trinajstić information content (AvgIpc) is 3.59. The number of hydrogen-bond acceptors (Lipinski definition) is 4. The molecule has 0 amide bonds. The van der Waals surface area contributed by atoms with Gasteiger partial charge in [-0.2, -0.15) is 0 Å². The molecule has 0 unspecified atom stereocenters. The summed E-state index contributed by atoms with van der Waals surface area (Å²) in [5.41, 5.74) is 0.515. The Kier molecular flexibility index (Phi) is 4.08. The van der Waals surface area contributed by atoms with E-state index in [-0.39, 0.29) is 12.0 Å². The summed E-state index contributed by atoms with van der Waals surface area (Å²) in [6, 6.07) is 0. The molecule has 5 nitrogen and oxygen atoms in total. The fourth-order valence-electron chi connectivity index (χ4n) is 9.16. The van der Waals surface area contributed by atoms with E-state index < -0.39 is 11.8 Å². The summed E-state index contributed by atoms with van der Waals surface area (Å²) in [5.74, 6) is 5.16. The molecule has 5 fully saturated rings. The van der Waals surface area contributed by atoms with Crippen molar-refractivity contribution in [3.05, 3.63) is 11.6 Å². The van der Waals surface area contributed by atoms with Crippen LogP contribution in [0.15, 0.2) is 11.6 Å². The molecule has 6 aliphatic rings. The second-order valence-electron chi connectivity index (χ2n) is 11.6. The maximum absolute atomic E-state index is 12.1. The molecule has 164 valence electrons. The maximum Gasteiger partial charge on any atom is 0.505 e. The number of carboxylic acid groups (broad SMARTS) is 1. The van der Waals surface area contributed by atoms with E-state index in [0.29, 0.717) is 60.1 Å². The molecule has 0 radical (unpaired) electrons. The van der Waals surface area contributed by atoms with E-state index in [4.69, 9.17) is 9.84 Å². The standard InChI is InChI=1S/C25H34O5/c1-24-7-6-17-16-5-4-15(26)10-14(16)11-18(13-2-3-13)21(17)22(24)19-12-20(19)25(24,29)8-9-30-23(27)28/h10,13,16-22,29H,2-9,11-12H2,1H3,(H,27,28)/t16-,17+,18-,19-,20+,21-,22-,24-,25-/m0/s1. The highest BCUT2D eigenvalue weighted by atomic mass is 16.7. The summed E-state index contributed by atoms with van der Waals surface area (Å²) in [7, 11) is 0. The van der Waals surface area contributed by atoms with Gasteiger partial charge in [0.25, 0.3) is 0 Å². The molecule has 0 aromatic heterocycles. The first-order valence-corrected chi connectivity index (χ1v) is 12.1. The van der Waals surface area contributed by atoms with E-state index in [0.717, 1.165) is 38.0 Å². The third-order valence-corrected chi connectivity index (χ3v) is 10.5. The predicted molar refractivity (Wildman–Crippen MR) is 110 cm³/mol. The van der Waals surface area contributed by atoms with Crippen LogP contribution in [-0.4, -0.2) is 34.4 Å². The molecule has 9 atom stereocenters. The second-order valence-corrected chi connectivity index (χ2v) is 11.6. The minimum atomic E-state index is -1.25. The van der Waals surface area contributed by atoms with Crippen LogP contribution in [0.25, 0.3) is 0 Å². The summed E-state index contributed by atoms with van der Waals surface area (Å²) in [5, 5.41) is 20.8. The summed E-state index contributed by atoms with van der Waals surface area (Å²) in [6.45, 7) is 2.40. The smallest absolute Gasteiger partial charge is 0.450 e. The molecule has 5 saturated carbocycles. The number of ketones is 1. The molecule has 0 aromatic rings. The van der Waals surface area contributed by atoms with Crippen LogP contribution in [0.1, 0.15) is 64.7 Å². The van der Waals surface area contributed by atoms with Gasteiger partial charge < -0.3 is 14.9 Å². The van der Waals surface area contributed by atoms with Gasteiger partial charge in [-0.3, -0.25) is 4.79 Å². The fraction of sp³-hybridized carbons (Fsp3) is 0.840. The quantitative estimate of drug-likeness (QED) is 0.665. The number of rotatable bonds is 4. The predicted octanol–water partition coefficient (Wildman–Crippen LogP) is 4.44. The van der Waals surface area contributed by atoms with Gasteiger partial charge in [-0.1, -0.05) is 12.5 Å². The Morgan fingerprint density at radius 2 is 2.00 bits per heavy atom. The third-order valence-electron chi connectivity index (χ3n) is 10.5. The molecule has 0 heterocycles. The van der Waals surface area contributed by atoms with Gasteiger partial charge in [-0.15, -0.1) is 0 Å². The van der Waals surface area contributed by atoms with E-state index in [1.54, 1.807) is 0 Å². The van der Waals surface area contributed by atoms with Crippen LogP contribution in [0.5, 0.6) is 0 Å². The van der Waals surface area contributed by atoms with Crippen molar-refractivity contribution in [3.63, 3.8) is 0 Å². The molecule has 0 bridgehead atoms. The van der Waals surface area contributed by atoms with Crippen LogP contribution in [-0.2, 0) is 9.53 Å². The van der Waals surface area contributed by atoms with E-state index >= 15 is 0 Å². The first-order chi connectivity index (χ1) is 14.3. The Hall–Kier alpha value is -1.36. The van der Waals surface area contributed by atoms with Crippen molar-refractivity contribution in [1.82, 2.24) is 0 Å². The Balaban J connectivity index is 1.34. The molecule has 0 aromatic carbocycles. The largest absolute Gasteiger partial charge is 0.505 e. The van der Waals surface area contributed by atoms with Crippen LogP contribution in [0, 0.1) is 52.8 Å². The topological polar surface area (TPSA) is 83.8 Å². The van der Waals surface area contributed by atoms with Crippen molar-refractivity contribution in [2.75, 3.05) is 6.61 Å². The third kappa shape index (κ3) is 2.56. The number of carbonyl (C=O) groups excluding carboxylic acids is 1. The van der Waals surface area contributed by atoms with Crippen LogP contribution in [0.2, 0.25) is 0 Å². The van der Waals surface area contributed by atoms with Crippen LogP contribution in [0.4, 0.5) is 4.79 Å². The molecule has 6 aliphatic carbocycles. The van der Waals surface area contributed by atoms with Gasteiger partial charge in [0.2, 0.25) is 0 Å². The fourth-order valence-corrected chi connectivity index (χ4v) is 9.16. The number of allylic oxidation sites excluding steroid dienone is 1. The Morgan fingerprint density at radius 1 is 1.20 bits per heavy atom. The minimum Gasteiger partial charge on any atom is -0.450 e. The van der Waals surface area contributed by atoms with Gasteiger partial charge in [0.15, 0.2) is 5.78 Å². The number of ether oxygens (including phenoxy) is 1. The summed E-state index contributed by atoms with van der Waals surface area (Å²) < 4.78 is 4.83. The zero-order valence-corrected chi connectivity index (χ0v) is 17.9. The zero-order chi connectivity index (χ0) is 20.8. The molecule has 6 rings (SSSR count). The first-order valence-electron chi connectivity index (χ1n) is 12.1. The molecular formula is C25H34O5. The molecule has 30 heavy (non-hydrogen) atoms. The van der Waals surface area contributed by atoms with Crippen molar-refractivity contribution in [2.24, 2.45) is 52.8 Å². The normalized spacial score (nSPS) is 51.2. The van der Waals surface area contributed by atoms with Crippen LogP contribution >= 0.6 is 0 Å². The lowest BCUT2D eigenvalue weighted by Gasteiger charge is -2.59. The maximum atomic E-state index is 12.1. The number of hydrogen-bond donors (Lipinski definition) is 2. The molecule has 5 heteroatoms. The number of fused-ring (bicyclic) bond motifs is 7. The lowest BCUT2D eigenvalue weighted by molar-refractivity contribution is -0.157. The summed E-state index contributed by atoms with van der Waals surface area (Å²) in [4.78, 5) is 23.0. The SMILES string of the molecule is C[C@]12CC[C@H]3[C@H]([C@@H]1[C@H]1C[C@H]1[C@@]2(O)CCOC(=O)O)[C@H](C1CC1)CC1=CC(=O)CC[C@@H]13. The lowest BCUT2D eigenvalue weighted by Crippen LogP contribution is -2.57. The molecule has 0 saturated heterocycles. The second kappa shape index (κ2) is 6.34. The zero-order valence-electron chi connectivity index (χ0n) is 17.9. The van der Waals surface area contributed by atoms with Gasteiger partial charge in [0.1, 0.15) is 0 Å². The highest BCUT2D eigenvalue weighted by Gasteiger charge is 2.76. The van der Waals surface area contributed by atoms with Gasteiger partial charge in [0.05, 0.1) is 12.2 Å². The highest BCUT2D eigenvalue weighted by Crippen LogP contribution is 2.77. The molecule has 0 spiro atoms. The van der Waals surface area contributed by atoms with Gasteiger partial charge >= 0.3 is 6.16 Å². The minimum absolute atomic E-state index is 0.0924. The Labute approximate surface area is 178 Å². The monoisotopic (exact) mass is 414 g/mol. The van der Waals surface area contributed by atoms with Gasteiger partial charge in [0, 0.05) is 18.3 Å². The van der Waals surface area contributed by atoms with E-state index in [9.17, 15) is 14.7 Å². The van der Waals surface area contributed by atoms with Gasteiger partial charge in [-0.05, 0) is 98.4 Å². The van der Waals surface area contributed by atoms with E-state index in [1.165, 1.54) is 18.4 Å². The van der Waals surface area contributed by atoms with Crippen molar-refractivity contribution in [1.29, 1.82) is 0 Å². The lowest BCUT2D eigenvalue weighted by atomic mass is 9.46. The van der Waals surface area contributed by atoms with Crippen molar-refractivity contribution in [2.45, 2.75) is 70.3 Å². The number of aliphatic hydroxyl groups is 1.